The van der Waals surface area contributed by atoms with E-state index in [2.05, 4.69) is 0 Å². The minimum atomic E-state index is -0.883. The molecule has 0 saturated heterocycles. The zero-order chi connectivity index (χ0) is 15.3. The van der Waals surface area contributed by atoms with Crippen LogP contribution < -0.4 is 0 Å². The summed E-state index contributed by atoms with van der Waals surface area (Å²) in [6, 6.07) is 5.60. The fourth-order valence-electron chi connectivity index (χ4n) is 2.00. The Balaban J connectivity index is 2.90. The van der Waals surface area contributed by atoms with E-state index in [1.807, 2.05) is 39.8 Å². The number of benzene rings is 1. The van der Waals surface area contributed by atoms with Crippen LogP contribution in [0.4, 0.5) is 0 Å². The molecule has 0 fully saturated rings. The summed E-state index contributed by atoms with van der Waals surface area (Å²) in [7, 11) is 0. The summed E-state index contributed by atoms with van der Waals surface area (Å²) in [5.74, 6) is -0.672. The smallest absolute Gasteiger partial charge is 0.305 e. The van der Waals surface area contributed by atoms with Crippen molar-refractivity contribution in [1.29, 1.82) is 0 Å². The van der Waals surface area contributed by atoms with E-state index in [1.54, 1.807) is 11.0 Å². The summed E-state index contributed by atoms with van der Waals surface area (Å²) in [6.07, 6.45) is -0.0245. The van der Waals surface area contributed by atoms with Crippen molar-refractivity contribution in [2.45, 2.75) is 34.1 Å². The maximum Gasteiger partial charge on any atom is 0.305 e. The van der Waals surface area contributed by atoms with Gasteiger partial charge in [-0.2, -0.15) is 0 Å². The van der Waals surface area contributed by atoms with Crippen molar-refractivity contribution < 1.29 is 14.7 Å². The van der Waals surface area contributed by atoms with Gasteiger partial charge in [0.2, 0.25) is 0 Å². The summed E-state index contributed by atoms with van der Waals surface area (Å²) in [6.45, 7) is 8.82. The van der Waals surface area contributed by atoms with E-state index in [0.29, 0.717) is 18.0 Å². The van der Waals surface area contributed by atoms with E-state index in [9.17, 15) is 9.59 Å². The zero-order valence-corrected chi connectivity index (χ0v) is 12.6. The first-order valence-corrected chi connectivity index (χ1v) is 6.89. The molecular weight excluding hydrogens is 254 g/mol. The summed E-state index contributed by atoms with van der Waals surface area (Å²) >= 11 is 0. The molecule has 0 radical (unpaired) electrons. The fraction of sp³-hybridized carbons (Fsp3) is 0.500. The van der Waals surface area contributed by atoms with Crippen molar-refractivity contribution >= 4 is 11.9 Å². The third-order valence-electron chi connectivity index (χ3n) is 3.22. The van der Waals surface area contributed by atoms with Gasteiger partial charge in [0.25, 0.3) is 5.91 Å². The normalized spacial score (nSPS) is 10.7. The summed E-state index contributed by atoms with van der Waals surface area (Å²) in [5.41, 5.74) is 2.83. The molecule has 0 heterocycles. The Morgan fingerprint density at radius 3 is 2.35 bits per heavy atom. The number of hydrogen-bond acceptors (Lipinski definition) is 2. The number of carbonyl (C=O) groups excluding carboxylic acids is 1. The molecule has 0 aliphatic rings. The lowest BCUT2D eigenvalue weighted by molar-refractivity contribution is -0.137. The van der Waals surface area contributed by atoms with Crippen LogP contribution in [0.15, 0.2) is 18.2 Å². The van der Waals surface area contributed by atoms with Crippen molar-refractivity contribution in [2.75, 3.05) is 13.1 Å². The average Bonchev–Trinajstić information content (AvgIpc) is 2.36. The molecule has 0 aliphatic heterocycles. The van der Waals surface area contributed by atoms with Gasteiger partial charge in [-0.15, -0.1) is 0 Å². The van der Waals surface area contributed by atoms with Crippen LogP contribution in [-0.4, -0.2) is 35.0 Å². The Kier molecular flexibility index (Phi) is 5.74. The Labute approximate surface area is 120 Å². The first kappa shape index (κ1) is 16.2. The average molecular weight is 277 g/mol. The number of amides is 1. The van der Waals surface area contributed by atoms with Gasteiger partial charge in [0.1, 0.15) is 0 Å². The number of carboxylic acids is 1. The summed E-state index contributed by atoms with van der Waals surface area (Å²) in [4.78, 5) is 24.8. The maximum absolute atomic E-state index is 12.5. The van der Waals surface area contributed by atoms with Crippen LogP contribution in [0, 0.1) is 19.8 Å². The van der Waals surface area contributed by atoms with Gasteiger partial charge in [0.05, 0.1) is 6.42 Å². The molecule has 0 bridgehead atoms. The second-order valence-corrected chi connectivity index (χ2v) is 5.59. The highest BCUT2D eigenvalue weighted by molar-refractivity contribution is 5.94. The highest BCUT2D eigenvalue weighted by Crippen LogP contribution is 2.13. The lowest BCUT2D eigenvalue weighted by Crippen LogP contribution is -2.36. The molecule has 110 valence electrons. The van der Waals surface area contributed by atoms with Crippen molar-refractivity contribution in [3.05, 3.63) is 34.9 Å². The van der Waals surface area contributed by atoms with Gasteiger partial charge < -0.3 is 10.0 Å². The molecule has 1 amide bonds. The van der Waals surface area contributed by atoms with Crippen LogP contribution in [0.2, 0.25) is 0 Å². The second kappa shape index (κ2) is 7.08. The SMILES string of the molecule is Cc1ccc(C(=O)N(CCC(=O)O)CC(C)C)cc1C. The number of carbonyl (C=O) groups is 2. The van der Waals surface area contributed by atoms with Crippen LogP contribution in [0.3, 0.4) is 0 Å². The molecule has 1 rings (SSSR count). The molecule has 0 atom stereocenters. The van der Waals surface area contributed by atoms with Gasteiger partial charge in [-0.3, -0.25) is 9.59 Å². The molecule has 0 saturated carbocycles. The van der Waals surface area contributed by atoms with Crippen LogP contribution in [0.5, 0.6) is 0 Å². The van der Waals surface area contributed by atoms with Crippen LogP contribution in [0.1, 0.15) is 41.8 Å². The quantitative estimate of drug-likeness (QED) is 0.869. The minimum absolute atomic E-state index is 0.0245. The van der Waals surface area contributed by atoms with Crippen molar-refractivity contribution in [1.82, 2.24) is 4.90 Å². The van der Waals surface area contributed by atoms with E-state index < -0.39 is 5.97 Å². The highest BCUT2D eigenvalue weighted by Gasteiger charge is 2.18. The lowest BCUT2D eigenvalue weighted by atomic mass is 10.0. The van der Waals surface area contributed by atoms with Crippen molar-refractivity contribution in [2.24, 2.45) is 5.92 Å². The van der Waals surface area contributed by atoms with Gasteiger partial charge >= 0.3 is 5.97 Å². The first-order chi connectivity index (χ1) is 9.31. The third kappa shape index (κ3) is 4.68. The molecule has 0 aromatic heterocycles. The molecular formula is C16H23NO3. The van der Waals surface area contributed by atoms with Gasteiger partial charge in [0, 0.05) is 18.7 Å². The van der Waals surface area contributed by atoms with E-state index in [-0.39, 0.29) is 18.9 Å². The molecule has 1 aromatic carbocycles. The van der Waals surface area contributed by atoms with E-state index >= 15 is 0 Å². The molecule has 20 heavy (non-hydrogen) atoms. The van der Waals surface area contributed by atoms with E-state index in [0.717, 1.165) is 11.1 Å². The van der Waals surface area contributed by atoms with Crippen LogP contribution in [0.25, 0.3) is 0 Å². The number of rotatable bonds is 6. The predicted octanol–water partition coefficient (Wildman–Crippen LogP) is 2.88. The molecule has 1 aromatic rings. The molecule has 0 unspecified atom stereocenters. The topological polar surface area (TPSA) is 57.6 Å². The molecule has 4 nitrogen and oxygen atoms in total. The maximum atomic E-state index is 12.5. The fourth-order valence-corrected chi connectivity index (χ4v) is 2.00. The Hall–Kier alpha value is -1.84. The van der Waals surface area contributed by atoms with Gasteiger partial charge in [-0.05, 0) is 43.0 Å². The summed E-state index contributed by atoms with van der Waals surface area (Å²) < 4.78 is 0. The van der Waals surface area contributed by atoms with Gasteiger partial charge in [-0.1, -0.05) is 19.9 Å². The molecule has 0 aliphatic carbocycles. The zero-order valence-electron chi connectivity index (χ0n) is 12.6. The molecule has 4 heteroatoms. The number of aliphatic carboxylic acids is 1. The van der Waals surface area contributed by atoms with Gasteiger partial charge in [0.15, 0.2) is 0 Å². The monoisotopic (exact) mass is 277 g/mol. The van der Waals surface area contributed by atoms with E-state index in [1.165, 1.54) is 0 Å². The highest BCUT2D eigenvalue weighted by atomic mass is 16.4. The second-order valence-electron chi connectivity index (χ2n) is 5.59. The largest absolute Gasteiger partial charge is 0.481 e. The first-order valence-electron chi connectivity index (χ1n) is 6.89. The van der Waals surface area contributed by atoms with E-state index in [4.69, 9.17) is 5.11 Å². The molecule has 0 spiro atoms. The van der Waals surface area contributed by atoms with Crippen LogP contribution >= 0.6 is 0 Å². The van der Waals surface area contributed by atoms with Crippen molar-refractivity contribution in [3.8, 4) is 0 Å². The Bertz CT molecular complexity index is 494. The van der Waals surface area contributed by atoms with Crippen molar-refractivity contribution in [3.63, 3.8) is 0 Å². The minimum Gasteiger partial charge on any atom is -0.481 e. The number of hydrogen-bond donors (Lipinski definition) is 1. The standard InChI is InChI=1S/C16H23NO3/c1-11(2)10-17(8-7-15(18)19)16(20)14-6-5-12(3)13(4)9-14/h5-6,9,11H,7-8,10H2,1-4H3,(H,18,19). The lowest BCUT2D eigenvalue weighted by Gasteiger charge is -2.24. The van der Waals surface area contributed by atoms with Gasteiger partial charge in [-0.25, -0.2) is 0 Å². The summed E-state index contributed by atoms with van der Waals surface area (Å²) in [5, 5.41) is 8.79. The Morgan fingerprint density at radius 2 is 1.85 bits per heavy atom. The third-order valence-corrected chi connectivity index (χ3v) is 3.22. The number of aryl methyl sites for hydroxylation is 2. The predicted molar refractivity (Wildman–Crippen MR) is 78.9 cm³/mol. The Morgan fingerprint density at radius 1 is 1.20 bits per heavy atom. The van der Waals surface area contributed by atoms with Crippen LogP contribution in [-0.2, 0) is 4.79 Å². The number of nitrogens with zero attached hydrogens (tertiary/aromatic N) is 1. The molecule has 1 N–H and O–H groups in total. The number of carboxylic acid groups (broad SMARTS) is 1.